The standard InChI is InChI=1S/C20H22Cl2N2O/c1-12-9-14(25-2)11-16-15(5-3-4-8-23)20(24-19(12)16)13-6-7-17(21)18(22)10-13/h6-7,9-11,24H,3-5,8,23H2,1-2H3. The summed E-state index contributed by atoms with van der Waals surface area (Å²) in [5, 5.41) is 2.30. The summed E-state index contributed by atoms with van der Waals surface area (Å²) in [4.78, 5) is 3.59. The Kier molecular flexibility index (Phi) is 5.57. The number of aromatic amines is 1. The van der Waals surface area contributed by atoms with Crippen molar-refractivity contribution in [1.29, 1.82) is 0 Å². The molecule has 0 bridgehead atoms. The number of nitrogens with one attached hydrogen (secondary N) is 1. The van der Waals surface area contributed by atoms with E-state index >= 15 is 0 Å². The monoisotopic (exact) mass is 376 g/mol. The van der Waals surface area contributed by atoms with E-state index in [0.717, 1.165) is 47.3 Å². The Bertz CT molecular complexity index is 902. The van der Waals surface area contributed by atoms with Crippen molar-refractivity contribution in [3.8, 4) is 17.0 Å². The highest BCUT2D eigenvalue weighted by molar-refractivity contribution is 6.42. The zero-order chi connectivity index (χ0) is 18.0. The number of benzene rings is 2. The maximum atomic E-state index is 6.24. The van der Waals surface area contributed by atoms with Crippen molar-refractivity contribution in [2.24, 2.45) is 5.73 Å². The zero-order valence-electron chi connectivity index (χ0n) is 14.5. The van der Waals surface area contributed by atoms with Crippen LogP contribution in [0.3, 0.4) is 0 Å². The summed E-state index contributed by atoms with van der Waals surface area (Å²) in [6.07, 6.45) is 2.98. The summed E-state index contributed by atoms with van der Waals surface area (Å²) in [7, 11) is 1.70. The van der Waals surface area contributed by atoms with Gasteiger partial charge in [0.05, 0.1) is 17.2 Å². The Labute approximate surface area is 158 Å². The third-order valence-electron chi connectivity index (χ3n) is 4.51. The molecule has 0 saturated carbocycles. The third-order valence-corrected chi connectivity index (χ3v) is 5.25. The van der Waals surface area contributed by atoms with E-state index in [4.69, 9.17) is 33.7 Å². The quantitative estimate of drug-likeness (QED) is 0.538. The van der Waals surface area contributed by atoms with Gasteiger partial charge in [0.25, 0.3) is 0 Å². The number of ether oxygens (including phenoxy) is 1. The Morgan fingerprint density at radius 3 is 2.56 bits per heavy atom. The lowest BCUT2D eigenvalue weighted by molar-refractivity contribution is 0.415. The van der Waals surface area contributed by atoms with Gasteiger partial charge in [0.2, 0.25) is 0 Å². The first-order chi connectivity index (χ1) is 12.0. The van der Waals surface area contributed by atoms with E-state index in [1.54, 1.807) is 7.11 Å². The number of aromatic nitrogens is 1. The van der Waals surface area contributed by atoms with Gasteiger partial charge in [-0.1, -0.05) is 29.3 Å². The molecule has 3 aromatic rings. The number of hydrogen-bond donors (Lipinski definition) is 2. The zero-order valence-corrected chi connectivity index (χ0v) is 16.0. The number of aryl methyl sites for hydroxylation is 2. The normalized spacial score (nSPS) is 11.2. The predicted molar refractivity (Wildman–Crippen MR) is 107 cm³/mol. The summed E-state index contributed by atoms with van der Waals surface area (Å²) >= 11 is 12.3. The molecule has 3 rings (SSSR count). The van der Waals surface area contributed by atoms with Gasteiger partial charge < -0.3 is 15.5 Å². The van der Waals surface area contributed by atoms with Gasteiger partial charge in [0.15, 0.2) is 0 Å². The van der Waals surface area contributed by atoms with E-state index in [1.807, 2.05) is 24.3 Å². The number of nitrogens with two attached hydrogens (primary N) is 1. The molecule has 1 heterocycles. The molecule has 0 radical (unpaired) electrons. The van der Waals surface area contributed by atoms with Crippen LogP contribution in [-0.4, -0.2) is 18.6 Å². The molecule has 0 unspecified atom stereocenters. The molecule has 0 aliphatic rings. The maximum Gasteiger partial charge on any atom is 0.119 e. The van der Waals surface area contributed by atoms with Gasteiger partial charge in [-0.25, -0.2) is 0 Å². The second kappa shape index (κ2) is 7.69. The van der Waals surface area contributed by atoms with Crippen molar-refractivity contribution in [1.82, 2.24) is 4.98 Å². The van der Waals surface area contributed by atoms with E-state index in [2.05, 4.69) is 18.0 Å². The molecule has 0 saturated heterocycles. The van der Waals surface area contributed by atoms with Crippen LogP contribution in [0.15, 0.2) is 30.3 Å². The highest BCUT2D eigenvalue weighted by Crippen LogP contribution is 2.37. The summed E-state index contributed by atoms with van der Waals surface area (Å²) < 4.78 is 5.46. The minimum absolute atomic E-state index is 0.556. The second-order valence-corrected chi connectivity index (χ2v) is 7.03. The van der Waals surface area contributed by atoms with E-state index < -0.39 is 0 Å². The molecule has 0 atom stereocenters. The lowest BCUT2D eigenvalue weighted by Crippen LogP contribution is -1.99. The lowest BCUT2D eigenvalue weighted by Gasteiger charge is -2.07. The van der Waals surface area contributed by atoms with E-state index in [0.29, 0.717) is 16.6 Å². The molecule has 2 aromatic carbocycles. The molecular weight excluding hydrogens is 355 g/mol. The van der Waals surface area contributed by atoms with Gasteiger partial charge in [-0.2, -0.15) is 0 Å². The smallest absolute Gasteiger partial charge is 0.119 e. The molecular formula is C20H22Cl2N2O. The minimum atomic E-state index is 0.556. The van der Waals surface area contributed by atoms with Crippen LogP contribution in [0.25, 0.3) is 22.2 Å². The third kappa shape index (κ3) is 3.64. The fourth-order valence-electron chi connectivity index (χ4n) is 3.21. The van der Waals surface area contributed by atoms with Crippen molar-refractivity contribution in [3.05, 3.63) is 51.5 Å². The average molecular weight is 377 g/mol. The predicted octanol–water partition coefficient (Wildman–Crippen LogP) is 5.74. The van der Waals surface area contributed by atoms with Crippen LogP contribution in [0, 0.1) is 6.92 Å². The lowest BCUT2D eigenvalue weighted by atomic mass is 9.99. The van der Waals surface area contributed by atoms with Crippen LogP contribution >= 0.6 is 23.2 Å². The molecule has 3 N–H and O–H groups in total. The molecule has 3 nitrogen and oxygen atoms in total. The number of H-pyrrole nitrogens is 1. The van der Waals surface area contributed by atoms with Gasteiger partial charge in [0.1, 0.15) is 5.75 Å². The highest BCUT2D eigenvalue weighted by atomic mass is 35.5. The molecule has 5 heteroatoms. The first-order valence-corrected chi connectivity index (χ1v) is 9.15. The van der Waals surface area contributed by atoms with Crippen LogP contribution in [0.2, 0.25) is 10.0 Å². The minimum Gasteiger partial charge on any atom is -0.497 e. The molecule has 0 aliphatic heterocycles. The fraction of sp³-hybridized carbons (Fsp3) is 0.300. The van der Waals surface area contributed by atoms with Gasteiger partial charge in [-0.3, -0.25) is 0 Å². The van der Waals surface area contributed by atoms with Crippen molar-refractivity contribution in [2.45, 2.75) is 26.2 Å². The van der Waals surface area contributed by atoms with E-state index in [9.17, 15) is 0 Å². The molecule has 0 aliphatic carbocycles. The van der Waals surface area contributed by atoms with E-state index in [-0.39, 0.29) is 0 Å². The first-order valence-electron chi connectivity index (χ1n) is 8.39. The Morgan fingerprint density at radius 1 is 1.08 bits per heavy atom. The summed E-state index contributed by atoms with van der Waals surface area (Å²) in [6.45, 7) is 2.79. The summed E-state index contributed by atoms with van der Waals surface area (Å²) in [6, 6.07) is 9.88. The van der Waals surface area contributed by atoms with Gasteiger partial charge in [0, 0.05) is 16.6 Å². The maximum absolute atomic E-state index is 6.24. The number of fused-ring (bicyclic) bond motifs is 1. The summed E-state index contributed by atoms with van der Waals surface area (Å²) in [5.74, 6) is 0.866. The second-order valence-electron chi connectivity index (χ2n) is 6.22. The molecule has 0 amide bonds. The molecule has 0 fully saturated rings. The first kappa shape index (κ1) is 18.1. The molecule has 1 aromatic heterocycles. The number of methoxy groups -OCH3 is 1. The van der Waals surface area contributed by atoms with Crippen LogP contribution in [0.4, 0.5) is 0 Å². The van der Waals surface area contributed by atoms with Crippen LogP contribution in [0.5, 0.6) is 5.75 Å². The van der Waals surface area contributed by atoms with Crippen LogP contribution in [0.1, 0.15) is 24.0 Å². The Balaban J connectivity index is 2.19. The summed E-state index contributed by atoms with van der Waals surface area (Å²) in [5.41, 5.74) is 11.3. The largest absolute Gasteiger partial charge is 0.497 e. The molecule has 132 valence electrons. The average Bonchev–Trinajstić information content (AvgIpc) is 2.97. The van der Waals surface area contributed by atoms with Crippen molar-refractivity contribution >= 4 is 34.1 Å². The number of hydrogen-bond acceptors (Lipinski definition) is 2. The SMILES string of the molecule is COc1cc(C)c2[nH]c(-c3ccc(Cl)c(Cl)c3)c(CCCCN)c2c1. The van der Waals surface area contributed by atoms with Crippen LogP contribution in [-0.2, 0) is 6.42 Å². The van der Waals surface area contributed by atoms with Crippen molar-refractivity contribution in [2.75, 3.05) is 13.7 Å². The Hall–Kier alpha value is -1.68. The number of unbranched alkanes of at least 4 members (excludes halogenated alkanes) is 1. The highest BCUT2D eigenvalue weighted by Gasteiger charge is 2.16. The fourth-order valence-corrected chi connectivity index (χ4v) is 3.51. The van der Waals surface area contributed by atoms with Gasteiger partial charge >= 0.3 is 0 Å². The number of rotatable bonds is 6. The Morgan fingerprint density at radius 2 is 1.88 bits per heavy atom. The van der Waals surface area contributed by atoms with Crippen LogP contribution < -0.4 is 10.5 Å². The van der Waals surface area contributed by atoms with Crippen molar-refractivity contribution in [3.63, 3.8) is 0 Å². The van der Waals surface area contributed by atoms with E-state index in [1.165, 1.54) is 10.9 Å². The topological polar surface area (TPSA) is 51.0 Å². The number of halogens is 2. The molecule has 25 heavy (non-hydrogen) atoms. The van der Waals surface area contributed by atoms with Crippen molar-refractivity contribution < 1.29 is 4.74 Å². The van der Waals surface area contributed by atoms with Gasteiger partial charge in [-0.05, 0) is 73.7 Å². The van der Waals surface area contributed by atoms with Gasteiger partial charge in [-0.15, -0.1) is 0 Å². The molecule has 0 spiro atoms.